The van der Waals surface area contributed by atoms with Crippen molar-refractivity contribution < 1.29 is 9.53 Å². The van der Waals surface area contributed by atoms with Crippen molar-refractivity contribution in [2.45, 2.75) is 64.0 Å². The third-order valence-electron chi connectivity index (χ3n) is 6.73. The van der Waals surface area contributed by atoms with Gasteiger partial charge in [0.15, 0.2) is 0 Å². The van der Waals surface area contributed by atoms with Gasteiger partial charge in [-0.2, -0.15) is 0 Å². The van der Waals surface area contributed by atoms with E-state index in [2.05, 4.69) is 17.0 Å². The number of ether oxygens (including phenoxy) is 1. The molecule has 1 saturated heterocycles. The van der Waals surface area contributed by atoms with Crippen molar-refractivity contribution in [3.05, 3.63) is 28.8 Å². The molecular formula is C23H33ClN2O2. The Morgan fingerprint density at radius 3 is 2.61 bits per heavy atom. The molecule has 1 aromatic carbocycles. The highest BCUT2D eigenvalue weighted by Crippen LogP contribution is 2.37. The molecule has 0 spiro atoms. The van der Waals surface area contributed by atoms with Gasteiger partial charge in [0, 0.05) is 26.1 Å². The molecule has 0 atom stereocenters. The molecule has 0 bridgehead atoms. The topological polar surface area (TPSA) is 32.8 Å². The van der Waals surface area contributed by atoms with Gasteiger partial charge >= 0.3 is 0 Å². The summed E-state index contributed by atoms with van der Waals surface area (Å²) in [5.74, 6) is 1.98. The summed E-state index contributed by atoms with van der Waals surface area (Å²) in [6.07, 6.45) is 9.38. The Morgan fingerprint density at radius 1 is 1.18 bits per heavy atom. The van der Waals surface area contributed by atoms with Gasteiger partial charge in [0.25, 0.3) is 0 Å². The van der Waals surface area contributed by atoms with Crippen LogP contribution in [0.25, 0.3) is 0 Å². The number of carbonyl (C=O) groups excluding carboxylic acids is 1. The van der Waals surface area contributed by atoms with Crippen molar-refractivity contribution in [2.75, 3.05) is 26.7 Å². The average Bonchev–Trinajstić information content (AvgIpc) is 3.36. The summed E-state index contributed by atoms with van der Waals surface area (Å²) in [5.41, 5.74) is 1.17. The Kier molecular flexibility index (Phi) is 6.47. The van der Waals surface area contributed by atoms with Crippen molar-refractivity contribution >= 4 is 17.5 Å². The number of benzene rings is 1. The monoisotopic (exact) mass is 404 g/mol. The minimum Gasteiger partial charge on any atom is -0.489 e. The third kappa shape index (κ3) is 4.65. The van der Waals surface area contributed by atoms with Crippen LogP contribution in [0.3, 0.4) is 0 Å². The predicted octanol–water partition coefficient (Wildman–Crippen LogP) is 4.74. The zero-order chi connectivity index (χ0) is 19.5. The van der Waals surface area contributed by atoms with Crippen LogP contribution in [0.15, 0.2) is 18.2 Å². The first-order valence-electron chi connectivity index (χ1n) is 11.0. The van der Waals surface area contributed by atoms with E-state index in [-0.39, 0.29) is 12.0 Å². The molecule has 1 amide bonds. The lowest BCUT2D eigenvalue weighted by Crippen LogP contribution is -2.43. The molecule has 1 heterocycles. The Bertz CT molecular complexity index is 677. The summed E-state index contributed by atoms with van der Waals surface area (Å²) < 4.78 is 6.20. The Morgan fingerprint density at radius 2 is 1.89 bits per heavy atom. The maximum absolute atomic E-state index is 12.5. The normalized spacial score (nSPS) is 25.6. The number of hydrogen-bond acceptors (Lipinski definition) is 3. The van der Waals surface area contributed by atoms with Crippen molar-refractivity contribution in [1.29, 1.82) is 0 Å². The zero-order valence-corrected chi connectivity index (χ0v) is 17.8. The van der Waals surface area contributed by atoms with Crippen molar-refractivity contribution in [3.8, 4) is 5.75 Å². The maximum atomic E-state index is 12.5. The molecule has 3 fully saturated rings. The second-order valence-electron chi connectivity index (χ2n) is 8.99. The van der Waals surface area contributed by atoms with Crippen LogP contribution in [0, 0.1) is 11.8 Å². The van der Waals surface area contributed by atoms with E-state index in [1.165, 1.54) is 44.3 Å². The standard InChI is InChI=1S/C23H33ClN2O2/c1-25(23(27)18-7-2-3-8-18)15-17-13-20(14-17)28-21-10-6-9-19(22(21)24)16-26-11-4-5-12-26/h6,9-10,17-18,20H,2-5,7-8,11-16H2,1H3. The van der Waals surface area contributed by atoms with Crippen molar-refractivity contribution in [1.82, 2.24) is 9.80 Å². The van der Waals surface area contributed by atoms with E-state index in [1.54, 1.807) is 0 Å². The molecule has 2 saturated carbocycles. The molecule has 1 aliphatic heterocycles. The van der Waals surface area contributed by atoms with Gasteiger partial charge in [0.2, 0.25) is 5.91 Å². The van der Waals surface area contributed by atoms with E-state index in [4.69, 9.17) is 16.3 Å². The summed E-state index contributed by atoms with van der Waals surface area (Å²) in [5, 5.41) is 0.770. The Hall–Kier alpha value is -1.26. The van der Waals surface area contributed by atoms with Crippen LogP contribution in [-0.2, 0) is 11.3 Å². The summed E-state index contributed by atoms with van der Waals surface area (Å²) in [6.45, 7) is 4.10. The van der Waals surface area contributed by atoms with E-state index in [9.17, 15) is 4.79 Å². The van der Waals surface area contributed by atoms with Gasteiger partial charge in [-0.05, 0) is 69.2 Å². The number of hydrogen-bond donors (Lipinski definition) is 0. The van der Waals surface area contributed by atoms with Crippen LogP contribution in [0.5, 0.6) is 5.75 Å². The fourth-order valence-electron chi connectivity index (χ4n) is 5.01. The summed E-state index contributed by atoms with van der Waals surface area (Å²) >= 11 is 6.64. The lowest BCUT2D eigenvalue weighted by Gasteiger charge is -2.38. The van der Waals surface area contributed by atoms with Crippen molar-refractivity contribution in [2.24, 2.45) is 11.8 Å². The first-order valence-corrected chi connectivity index (χ1v) is 11.4. The van der Waals surface area contributed by atoms with E-state index < -0.39 is 0 Å². The molecule has 4 rings (SSSR count). The number of nitrogens with zero attached hydrogens (tertiary/aromatic N) is 2. The molecule has 0 aromatic heterocycles. The zero-order valence-electron chi connectivity index (χ0n) is 17.0. The second-order valence-corrected chi connectivity index (χ2v) is 9.37. The van der Waals surface area contributed by atoms with Gasteiger partial charge in [0.1, 0.15) is 5.75 Å². The molecule has 2 aliphatic carbocycles. The highest BCUT2D eigenvalue weighted by Gasteiger charge is 2.34. The van der Waals surface area contributed by atoms with Gasteiger partial charge in [-0.15, -0.1) is 0 Å². The quantitative estimate of drug-likeness (QED) is 0.657. The number of rotatable bonds is 7. The first kappa shape index (κ1) is 20.0. The number of amides is 1. The van der Waals surface area contributed by atoms with Gasteiger partial charge in [-0.3, -0.25) is 9.69 Å². The van der Waals surface area contributed by atoms with Crippen LogP contribution in [0.2, 0.25) is 5.02 Å². The summed E-state index contributed by atoms with van der Waals surface area (Å²) in [4.78, 5) is 16.9. The first-order chi connectivity index (χ1) is 13.6. The molecular weight excluding hydrogens is 372 g/mol. The van der Waals surface area contributed by atoms with Gasteiger partial charge in [-0.1, -0.05) is 36.6 Å². The Labute approximate surface area is 174 Å². The van der Waals surface area contributed by atoms with Gasteiger partial charge in [-0.25, -0.2) is 0 Å². The molecule has 0 radical (unpaired) electrons. The molecule has 154 valence electrons. The Balaban J connectivity index is 1.24. The average molecular weight is 405 g/mol. The summed E-state index contributed by atoms with van der Waals surface area (Å²) in [6, 6.07) is 6.15. The highest BCUT2D eigenvalue weighted by atomic mass is 35.5. The molecule has 4 nitrogen and oxygen atoms in total. The van der Waals surface area contributed by atoms with E-state index in [0.29, 0.717) is 11.8 Å². The van der Waals surface area contributed by atoms with E-state index in [1.807, 2.05) is 18.0 Å². The molecule has 5 heteroatoms. The summed E-state index contributed by atoms with van der Waals surface area (Å²) in [7, 11) is 1.97. The van der Waals surface area contributed by atoms with Crippen molar-refractivity contribution in [3.63, 3.8) is 0 Å². The fraction of sp³-hybridized carbons (Fsp3) is 0.696. The molecule has 1 aromatic rings. The highest BCUT2D eigenvalue weighted by molar-refractivity contribution is 6.32. The number of halogens is 1. The molecule has 28 heavy (non-hydrogen) atoms. The lowest BCUT2D eigenvalue weighted by molar-refractivity contribution is -0.135. The molecule has 0 N–H and O–H groups in total. The largest absolute Gasteiger partial charge is 0.489 e. The van der Waals surface area contributed by atoms with E-state index in [0.717, 1.165) is 49.5 Å². The lowest BCUT2D eigenvalue weighted by atomic mass is 9.81. The molecule has 3 aliphatic rings. The van der Waals surface area contributed by atoms with Gasteiger partial charge < -0.3 is 9.64 Å². The smallest absolute Gasteiger partial charge is 0.225 e. The fourth-order valence-corrected chi connectivity index (χ4v) is 5.24. The minimum atomic E-state index is 0.222. The van der Waals surface area contributed by atoms with Crippen LogP contribution < -0.4 is 4.74 Å². The van der Waals surface area contributed by atoms with Crippen LogP contribution >= 0.6 is 11.6 Å². The predicted molar refractivity (Wildman–Crippen MR) is 113 cm³/mol. The van der Waals surface area contributed by atoms with E-state index >= 15 is 0 Å². The SMILES string of the molecule is CN(CC1CC(Oc2cccc(CN3CCCC3)c2Cl)C1)C(=O)C1CCCC1. The molecule has 0 unspecified atom stereocenters. The van der Waals surface area contributed by atoms with Gasteiger partial charge in [0.05, 0.1) is 11.1 Å². The number of likely N-dealkylation sites (tertiary alicyclic amines) is 1. The maximum Gasteiger partial charge on any atom is 0.225 e. The van der Waals surface area contributed by atoms with Crippen LogP contribution in [-0.4, -0.2) is 48.5 Å². The number of carbonyl (C=O) groups is 1. The third-order valence-corrected chi connectivity index (χ3v) is 7.16. The second kappa shape index (κ2) is 9.04. The minimum absolute atomic E-state index is 0.222. The van der Waals surface area contributed by atoms with Crippen LogP contribution in [0.4, 0.5) is 0 Å². The van der Waals surface area contributed by atoms with Crippen LogP contribution in [0.1, 0.15) is 56.9 Å².